The van der Waals surface area contributed by atoms with Crippen molar-refractivity contribution < 1.29 is 19.4 Å². The highest BCUT2D eigenvalue weighted by molar-refractivity contribution is 5.95. The lowest BCUT2D eigenvalue weighted by Gasteiger charge is -2.25. The fourth-order valence-electron chi connectivity index (χ4n) is 1.77. The van der Waals surface area contributed by atoms with Gasteiger partial charge >= 0.3 is 11.9 Å². The smallest absolute Gasteiger partial charge is 0.322 e. The standard InChI is InChI=1S/C14H18N4O4/c1-14(2,3)22-13(21)10(12(19)20)11(15)8-4-6-9(7-5-8)17-18-16/h4-7,10-11H,15H2,1-3H3,(H,19,20). The van der Waals surface area contributed by atoms with Crippen LogP contribution >= 0.6 is 0 Å². The Morgan fingerprint density at radius 1 is 1.32 bits per heavy atom. The number of carbonyl (C=O) groups excluding carboxylic acids is 1. The number of nitrogens with two attached hydrogens (primary N) is 1. The second-order valence-electron chi connectivity index (χ2n) is 5.66. The maximum absolute atomic E-state index is 12.0. The van der Waals surface area contributed by atoms with Crippen LogP contribution in [0.3, 0.4) is 0 Å². The Kier molecular flexibility index (Phi) is 5.50. The Bertz CT molecular complexity index is 600. The van der Waals surface area contributed by atoms with Crippen molar-refractivity contribution in [3.63, 3.8) is 0 Å². The molecule has 0 aliphatic rings. The summed E-state index contributed by atoms with van der Waals surface area (Å²) >= 11 is 0. The summed E-state index contributed by atoms with van der Waals surface area (Å²) in [5.74, 6) is -3.78. The molecule has 2 atom stereocenters. The van der Waals surface area contributed by atoms with Crippen LogP contribution in [-0.2, 0) is 14.3 Å². The summed E-state index contributed by atoms with van der Waals surface area (Å²) in [6, 6.07) is 4.92. The average molecular weight is 306 g/mol. The summed E-state index contributed by atoms with van der Waals surface area (Å²) in [6.45, 7) is 4.93. The number of carboxylic acids is 1. The summed E-state index contributed by atoms with van der Waals surface area (Å²) in [5.41, 5.74) is 14.2. The quantitative estimate of drug-likeness (QED) is 0.283. The third-order valence-corrected chi connectivity index (χ3v) is 2.72. The van der Waals surface area contributed by atoms with E-state index in [2.05, 4.69) is 10.0 Å². The first-order valence-electron chi connectivity index (χ1n) is 6.52. The van der Waals surface area contributed by atoms with Crippen LogP contribution in [0.5, 0.6) is 0 Å². The zero-order valence-electron chi connectivity index (χ0n) is 12.6. The summed E-state index contributed by atoms with van der Waals surface area (Å²) < 4.78 is 5.10. The summed E-state index contributed by atoms with van der Waals surface area (Å²) in [5, 5.41) is 12.7. The summed E-state index contributed by atoms with van der Waals surface area (Å²) in [6.07, 6.45) is 0. The van der Waals surface area contributed by atoms with Gasteiger partial charge in [-0.15, -0.1) is 0 Å². The largest absolute Gasteiger partial charge is 0.481 e. The summed E-state index contributed by atoms with van der Waals surface area (Å²) in [4.78, 5) is 26.0. The van der Waals surface area contributed by atoms with Crippen LogP contribution in [-0.4, -0.2) is 22.6 Å². The molecule has 1 aromatic rings. The van der Waals surface area contributed by atoms with Crippen molar-refractivity contribution in [3.8, 4) is 0 Å². The van der Waals surface area contributed by atoms with Crippen molar-refractivity contribution >= 4 is 17.6 Å². The topological polar surface area (TPSA) is 138 Å². The van der Waals surface area contributed by atoms with Crippen LogP contribution in [0.15, 0.2) is 29.4 Å². The van der Waals surface area contributed by atoms with Gasteiger partial charge in [0.1, 0.15) is 5.60 Å². The number of aliphatic carboxylic acids is 1. The van der Waals surface area contributed by atoms with E-state index in [1.807, 2.05) is 0 Å². The maximum atomic E-state index is 12.0. The molecule has 118 valence electrons. The van der Waals surface area contributed by atoms with E-state index in [1.54, 1.807) is 20.8 Å². The number of rotatable bonds is 5. The monoisotopic (exact) mass is 306 g/mol. The second-order valence-corrected chi connectivity index (χ2v) is 5.66. The van der Waals surface area contributed by atoms with E-state index in [-0.39, 0.29) is 0 Å². The molecule has 3 N–H and O–H groups in total. The number of hydrogen-bond acceptors (Lipinski definition) is 5. The van der Waals surface area contributed by atoms with E-state index < -0.39 is 29.5 Å². The number of azide groups is 1. The van der Waals surface area contributed by atoms with Crippen LogP contribution in [0, 0.1) is 5.92 Å². The Morgan fingerprint density at radius 3 is 2.27 bits per heavy atom. The average Bonchev–Trinajstić information content (AvgIpc) is 2.37. The number of carboxylic acid groups (broad SMARTS) is 1. The Balaban J connectivity index is 3.03. The molecular weight excluding hydrogens is 288 g/mol. The van der Waals surface area contributed by atoms with Gasteiger partial charge in [-0.3, -0.25) is 9.59 Å². The van der Waals surface area contributed by atoms with Gasteiger partial charge in [0.15, 0.2) is 5.92 Å². The fourth-order valence-corrected chi connectivity index (χ4v) is 1.77. The highest BCUT2D eigenvalue weighted by Gasteiger charge is 2.37. The van der Waals surface area contributed by atoms with Crippen molar-refractivity contribution in [2.24, 2.45) is 16.8 Å². The lowest BCUT2D eigenvalue weighted by Crippen LogP contribution is -2.39. The minimum atomic E-state index is -1.52. The van der Waals surface area contributed by atoms with Crippen molar-refractivity contribution in [2.45, 2.75) is 32.4 Å². The van der Waals surface area contributed by atoms with E-state index >= 15 is 0 Å². The third kappa shape index (κ3) is 4.76. The highest BCUT2D eigenvalue weighted by atomic mass is 16.6. The molecule has 0 aliphatic heterocycles. The van der Waals surface area contributed by atoms with Crippen molar-refractivity contribution in [1.82, 2.24) is 0 Å². The van der Waals surface area contributed by atoms with E-state index in [0.717, 1.165) is 0 Å². The number of ether oxygens (including phenoxy) is 1. The molecule has 0 spiro atoms. The number of benzene rings is 1. The number of hydrogen-bond donors (Lipinski definition) is 2. The molecule has 0 saturated heterocycles. The molecule has 0 fully saturated rings. The van der Waals surface area contributed by atoms with Gasteiger partial charge in [0.05, 0.1) is 6.04 Å². The Labute approximate surface area is 127 Å². The van der Waals surface area contributed by atoms with Crippen LogP contribution in [0.1, 0.15) is 32.4 Å². The molecule has 0 radical (unpaired) electrons. The first kappa shape index (κ1) is 17.5. The van der Waals surface area contributed by atoms with E-state index in [9.17, 15) is 14.7 Å². The van der Waals surface area contributed by atoms with E-state index in [0.29, 0.717) is 11.3 Å². The zero-order chi connectivity index (χ0) is 16.9. The van der Waals surface area contributed by atoms with E-state index in [4.69, 9.17) is 16.0 Å². The minimum Gasteiger partial charge on any atom is -0.481 e. The van der Waals surface area contributed by atoms with Crippen molar-refractivity contribution in [1.29, 1.82) is 0 Å². The molecule has 0 aliphatic carbocycles. The lowest BCUT2D eigenvalue weighted by atomic mass is 9.93. The first-order chi connectivity index (χ1) is 10.2. The molecule has 0 saturated carbocycles. The molecule has 22 heavy (non-hydrogen) atoms. The van der Waals surface area contributed by atoms with Crippen molar-refractivity contribution in [3.05, 3.63) is 40.3 Å². The molecular formula is C14H18N4O4. The first-order valence-corrected chi connectivity index (χ1v) is 6.52. The van der Waals surface area contributed by atoms with Gasteiger partial charge in [-0.1, -0.05) is 29.4 Å². The van der Waals surface area contributed by atoms with Gasteiger partial charge in [-0.25, -0.2) is 0 Å². The van der Waals surface area contributed by atoms with Gasteiger partial charge < -0.3 is 15.6 Å². The zero-order valence-corrected chi connectivity index (χ0v) is 12.6. The molecule has 0 aromatic heterocycles. The molecule has 0 amide bonds. The SMILES string of the molecule is CC(C)(C)OC(=O)C(C(=O)O)C(N)c1ccc(N=[N+]=[N-])cc1. The number of esters is 1. The van der Waals surface area contributed by atoms with Crippen molar-refractivity contribution in [2.75, 3.05) is 0 Å². The van der Waals surface area contributed by atoms with Crippen LogP contribution in [0.4, 0.5) is 5.69 Å². The molecule has 8 heteroatoms. The van der Waals surface area contributed by atoms with Gasteiger partial charge in [-0.05, 0) is 31.9 Å². The Hall–Kier alpha value is -2.57. The van der Waals surface area contributed by atoms with Gasteiger partial charge in [-0.2, -0.15) is 0 Å². The molecule has 2 unspecified atom stereocenters. The van der Waals surface area contributed by atoms with Gasteiger partial charge in [0.2, 0.25) is 0 Å². The van der Waals surface area contributed by atoms with Gasteiger partial charge in [0, 0.05) is 10.6 Å². The predicted molar refractivity (Wildman–Crippen MR) is 79.1 cm³/mol. The number of nitrogens with zero attached hydrogens (tertiary/aromatic N) is 3. The fraction of sp³-hybridized carbons (Fsp3) is 0.429. The molecule has 8 nitrogen and oxygen atoms in total. The van der Waals surface area contributed by atoms with Gasteiger partial charge in [0.25, 0.3) is 0 Å². The minimum absolute atomic E-state index is 0.364. The Morgan fingerprint density at radius 2 is 1.86 bits per heavy atom. The summed E-state index contributed by atoms with van der Waals surface area (Å²) in [7, 11) is 0. The molecule has 1 rings (SSSR count). The number of carbonyl (C=O) groups is 2. The normalized spacial score (nSPS) is 13.6. The third-order valence-electron chi connectivity index (χ3n) is 2.72. The van der Waals surface area contributed by atoms with Crippen LogP contribution in [0.25, 0.3) is 10.4 Å². The van der Waals surface area contributed by atoms with Crippen LogP contribution in [0.2, 0.25) is 0 Å². The maximum Gasteiger partial charge on any atom is 0.322 e. The predicted octanol–water partition coefficient (Wildman–Crippen LogP) is 2.67. The molecule has 0 bridgehead atoms. The molecule has 0 heterocycles. The second kappa shape index (κ2) is 6.93. The highest BCUT2D eigenvalue weighted by Crippen LogP contribution is 2.25. The van der Waals surface area contributed by atoms with Crippen LogP contribution < -0.4 is 5.73 Å². The van der Waals surface area contributed by atoms with E-state index in [1.165, 1.54) is 24.3 Å². The molecule has 1 aromatic carbocycles. The lowest BCUT2D eigenvalue weighted by molar-refractivity contribution is -0.167.